The van der Waals surface area contributed by atoms with E-state index in [1.165, 1.54) is 12.5 Å². The lowest BCUT2D eigenvalue weighted by Gasteiger charge is -2.21. The lowest BCUT2D eigenvalue weighted by molar-refractivity contribution is -0.137. The largest absolute Gasteiger partial charge is 0.457 e. The van der Waals surface area contributed by atoms with Crippen molar-refractivity contribution in [3.05, 3.63) is 42.1 Å². The van der Waals surface area contributed by atoms with E-state index in [1.807, 2.05) is 13.8 Å². The van der Waals surface area contributed by atoms with Gasteiger partial charge in [-0.1, -0.05) is 6.92 Å². The molecule has 0 saturated carbocycles. The van der Waals surface area contributed by atoms with Crippen molar-refractivity contribution >= 4 is 5.97 Å². The number of aromatic nitrogens is 1. The molecule has 18 heavy (non-hydrogen) atoms. The van der Waals surface area contributed by atoms with Gasteiger partial charge in [0.15, 0.2) is 12.4 Å². The molecule has 0 aromatic carbocycles. The number of pyridine rings is 1. The number of esters is 1. The van der Waals surface area contributed by atoms with Crippen molar-refractivity contribution in [2.24, 2.45) is 0 Å². The molecule has 0 fully saturated rings. The zero-order valence-corrected chi connectivity index (χ0v) is 10.4. The third-order valence-corrected chi connectivity index (χ3v) is 2.67. The van der Waals surface area contributed by atoms with Crippen LogP contribution in [-0.4, -0.2) is 23.3 Å². The molecule has 0 amide bonds. The molecule has 1 aromatic heterocycles. The van der Waals surface area contributed by atoms with Gasteiger partial charge in [-0.3, -0.25) is 4.98 Å². The average Bonchev–Trinajstić information content (AvgIpc) is 2.80. The molecule has 0 bridgehead atoms. The number of carbonyl (C=O) groups is 1. The van der Waals surface area contributed by atoms with E-state index >= 15 is 0 Å². The van der Waals surface area contributed by atoms with Crippen LogP contribution in [0.2, 0.25) is 0 Å². The van der Waals surface area contributed by atoms with Gasteiger partial charge in [-0.15, -0.1) is 0 Å². The van der Waals surface area contributed by atoms with Gasteiger partial charge in [0.25, 0.3) is 0 Å². The number of hydrogen-bond donors (Lipinski definition) is 0. The van der Waals surface area contributed by atoms with Crippen molar-refractivity contribution < 1.29 is 19.0 Å². The topological polar surface area (TPSA) is 57.7 Å². The number of ether oxygens (including phenoxy) is 3. The van der Waals surface area contributed by atoms with Gasteiger partial charge < -0.3 is 14.2 Å². The highest BCUT2D eigenvalue weighted by Crippen LogP contribution is 2.27. The third-order valence-electron chi connectivity index (χ3n) is 2.67. The molecule has 1 unspecified atom stereocenters. The first-order chi connectivity index (χ1) is 8.63. The zero-order valence-electron chi connectivity index (χ0n) is 10.4. The van der Waals surface area contributed by atoms with Crippen molar-refractivity contribution in [2.75, 3.05) is 6.61 Å². The molecule has 0 N–H and O–H groups in total. The lowest BCUT2D eigenvalue weighted by Crippen LogP contribution is -2.25. The predicted octanol–water partition coefficient (Wildman–Crippen LogP) is 2.25. The molecule has 0 aliphatic carbocycles. The molecular weight excluding hydrogens is 234 g/mol. The second-order valence-corrected chi connectivity index (χ2v) is 4.11. The summed E-state index contributed by atoms with van der Waals surface area (Å²) in [6.07, 6.45) is 5.25. The Morgan fingerprint density at radius 3 is 3.00 bits per heavy atom. The van der Waals surface area contributed by atoms with E-state index in [4.69, 9.17) is 14.2 Å². The number of carbonyl (C=O) groups excluding carboxylic acids is 1. The SMILES string of the molecule is CCC1(C)OC=C(COC(=O)c2cccnc2)O1. The van der Waals surface area contributed by atoms with Crippen LogP contribution < -0.4 is 0 Å². The summed E-state index contributed by atoms with van der Waals surface area (Å²) in [5, 5.41) is 0. The molecular formula is C13H15NO4. The molecule has 5 nitrogen and oxygen atoms in total. The highest BCUT2D eigenvalue weighted by atomic mass is 16.7. The van der Waals surface area contributed by atoms with Gasteiger partial charge in [-0.2, -0.15) is 0 Å². The maximum absolute atomic E-state index is 11.6. The maximum atomic E-state index is 11.6. The second kappa shape index (κ2) is 5.08. The summed E-state index contributed by atoms with van der Waals surface area (Å²) in [5.74, 6) is -0.565. The first-order valence-electron chi connectivity index (χ1n) is 5.76. The number of nitrogens with zero attached hydrogens (tertiary/aromatic N) is 1. The fourth-order valence-electron chi connectivity index (χ4n) is 1.44. The third kappa shape index (κ3) is 2.80. The highest BCUT2D eigenvalue weighted by molar-refractivity contribution is 5.88. The summed E-state index contributed by atoms with van der Waals surface area (Å²) < 4.78 is 16.0. The number of hydrogen-bond acceptors (Lipinski definition) is 5. The van der Waals surface area contributed by atoms with Crippen LogP contribution in [0, 0.1) is 0 Å². The summed E-state index contributed by atoms with van der Waals surface area (Å²) in [4.78, 5) is 15.5. The van der Waals surface area contributed by atoms with Crippen LogP contribution in [0.15, 0.2) is 36.5 Å². The average molecular weight is 249 g/mol. The highest BCUT2D eigenvalue weighted by Gasteiger charge is 2.31. The van der Waals surface area contributed by atoms with E-state index in [0.29, 0.717) is 17.7 Å². The molecule has 5 heteroatoms. The van der Waals surface area contributed by atoms with Crippen LogP contribution in [0.5, 0.6) is 0 Å². The molecule has 1 aliphatic rings. The molecule has 1 atom stereocenters. The van der Waals surface area contributed by atoms with Crippen molar-refractivity contribution in [2.45, 2.75) is 26.1 Å². The Hall–Kier alpha value is -2.04. The van der Waals surface area contributed by atoms with Gasteiger partial charge >= 0.3 is 5.97 Å². The minimum atomic E-state index is -0.643. The predicted molar refractivity (Wildman–Crippen MR) is 63.5 cm³/mol. The lowest BCUT2D eigenvalue weighted by atomic mass is 10.2. The quantitative estimate of drug-likeness (QED) is 0.766. The standard InChI is InChI=1S/C13H15NO4/c1-3-13(2)17-9-11(18-13)8-16-12(15)10-5-4-6-14-7-10/h4-7,9H,3,8H2,1-2H3. The van der Waals surface area contributed by atoms with E-state index in [2.05, 4.69) is 4.98 Å². The van der Waals surface area contributed by atoms with Gasteiger partial charge in [0.1, 0.15) is 6.26 Å². The Labute approximate surface area is 105 Å². The first-order valence-corrected chi connectivity index (χ1v) is 5.76. The summed E-state index contributed by atoms with van der Waals surface area (Å²) in [6, 6.07) is 3.32. The first kappa shape index (κ1) is 12.4. The van der Waals surface area contributed by atoms with Crippen molar-refractivity contribution in [1.82, 2.24) is 4.98 Å². The van der Waals surface area contributed by atoms with E-state index in [9.17, 15) is 4.79 Å². The van der Waals surface area contributed by atoms with Crippen LogP contribution in [-0.2, 0) is 14.2 Å². The number of rotatable bonds is 4. The van der Waals surface area contributed by atoms with E-state index in [1.54, 1.807) is 18.3 Å². The molecule has 2 rings (SSSR count). The zero-order chi connectivity index (χ0) is 13.0. The molecule has 1 aliphatic heterocycles. The molecule has 1 aromatic rings. The fraction of sp³-hybridized carbons (Fsp3) is 0.385. The second-order valence-electron chi connectivity index (χ2n) is 4.11. The summed E-state index contributed by atoms with van der Waals surface area (Å²) in [5.41, 5.74) is 0.412. The monoisotopic (exact) mass is 249 g/mol. The van der Waals surface area contributed by atoms with E-state index in [0.717, 1.165) is 0 Å². The molecule has 0 spiro atoms. The summed E-state index contributed by atoms with van der Waals surface area (Å²) in [6.45, 7) is 3.85. The molecule has 96 valence electrons. The van der Waals surface area contributed by atoms with E-state index in [-0.39, 0.29) is 6.61 Å². The Morgan fingerprint density at radius 1 is 1.56 bits per heavy atom. The molecule has 0 saturated heterocycles. The summed E-state index contributed by atoms with van der Waals surface area (Å²) >= 11 is 0. The minimum Gasteiger partial charge on any atom is -0.457 e. The van der Waals surface area contributed by atoms with Gasteiger partial charge in [-0.25, -0.2) is 4.79 Å². The minimum absolute atomic E-state index is 0.0588. The van der Waals surface area contributed by atoms with Crippen LogP contribution in [0.3, 0.4) is 0 Å². The Bertz CT molecular complexity index is 457. The Kier molecular flexibility index (Phi) is 3.50. The van der Waals surface area contributed by atoms with Crippen molar-refractivity contribution in [1.29, 1.82) is 0 Å². The smallest absolute Gasteiger partial charge is 0.340 e. The van der Waals surface area contributed by atoms with Gasteiger partial charge in [0.05, 0.1) is 5.56 Å². The fourth-order valence-corrected chi connectivity index (χ4v) is 1.44. The van der Waals surface area contributed by atoms with Crippen molar-refractivity contribution in [3.63, 3.8) is 0 Å². The van der Waals surface area contributed by atoms with Gasteiger partial charge in [0, 0.05) is 25.7 Å². The molecule has 0 radical (unpaired) electrons. The van der Waals surface area contributed by atoms with E-state index < -0.39 is 11.8 Å². The van der Waals surface area contributed by atoms with Gasteiger partial charge in [0.2, 0.25) is 5.79 Å². The van der Waals surface area contributed by atoms with Crippen LogP contribution >= 0.6 is 0 Å². The molecule has 2 heterocycles. The van der Waals surface area contributed by atoms with Crippen LogP contribution in [0.1, 0.15) is 30.6 Å². The maximum Gasteiger partial charge on any atom is 0.340 e. The summed E-state index contributed by atoms with van der Waals surface area (Å²) in [7, 11) is 0. The van der Waals surface area contributed by atoms with Crippen LogP contribution in [0.25, 0.3) is 0 Å². The van der Waals surface area contributed by atoms with Crippen molar-refractivity contribution in [3.8, 4) is 0 Å². The Balaban J connectivity index is 1.85. The Morgan fingerprint density at radius 2 is 2.39 bits per heavy atom. The van der Waals surface area contributed by atoms with Crippen LogP contribution in [0.4, 0.5) is 0 Å². The normalized spacial score (nSPS) is 21.8. The van der Waals surface area contributed by atoms with Gasteiger partial charge in [-0.05, 0) is 12.1 Å².